The lowest BCUT2D eigenvalue weighted by atomic mass is 10.3. The summed E-state index contributed by atoms with van der Waals surface area (Å²) in [7, 11) is 0. The number of nitrogens with one attached hydrogen (secondary N) is 2. The smallest absolute Gasteiger partial charge is 0.238 e. The zero-order valence-electron chi connectivity index (χ0n) is 11.6. The maximum absolute atomic E-state index is 11.7. The van der Waals surface area contributed by atoms with Gasteiger partial charge >= 0.3 is 0 Å². The van der Waals surface area contributed by atoms with Crippen molar-refractivity contribution < 1.29 is 4.79 Å². The predicted octanol–water partition coefficient (Wildman–Crippen LogP) is 1.70. The van der Waals surface area contributed by atoms with E-state index in [1.807, 2.05) is 30.3 Å². The maximum atomic E-state index is 11.7. The van der Waals surface area contributed by atoms with E-state index in [4.69, 9.17) is 0 Å². The van der Waals surface area contributed by atoms with Gasteiger partial charge in [-0.1, -0.05) is 18.2 Å². The highest BCUT2D eigenvalue weighted by Crippen LogP contribution is 2.10. The summed E-state index contributed by atoms with van der Waals surface area (Å²) >= 11 is 0. The summed E-state index contributed by atoms with van der Waals surface area (Å²) < 4.78 is 0. The van der Waals surface area contributed by atoms with E-state index >= 15 is 0 Å². The molecule has 1 unspecified atom stereocenters. The van der Waals surface area contributed by atoms with E-state index in [9.17, 15) is 4.79 Å². The predicted molar refractivity (Wildman–Crippen MR) is 78.2 cm³/mol. The van der Waals surface area contributed by atoms with Gasteiger partial charge in [0.1, 0.15) is 0 Å². The van der Waals surface area contributed by atoms with Crippen molar-refractivity contribution in [3.8, 4) is 0 Å². The van der Waals surface area contributed by atoms with Crippen LogP contribution < -0.4 is 10.6 Å². The molecule has 104 valence electrons. The monoisotopic (exact) mass is 261 g/mol. The number of amides is 1. The Morgan fingerprint density at radius 1 is 1.26 bits per heavy atom. The number of likely N-dealkylation sites (tertiary alicyclic amines) is 1. The second kappa shape index (κ2) is 7.26. The highest BCUT2D eigenvalue weighted by molar-refractivity contribution is 5.92. The van der Waals surface area contributed by atoms with Crippen LogP contribution in [0.25, 0.3) is 0 Å². The number of rotatable bonds is 6. The number of carbonyl (C=O) groups excluding carboxylic acids is 1. The molecule has 1 atom stereocenters. The fraction of sp³-hybridized carbons (Fsp3) is 0.533. The molecule has 0 bridgehead atoms. The van der Waals surface area contributed by atoms with Crippen LogP contribution in [0.5, 0.6) is 0 Å². The van der Waals surface area contributed by atoms with Gasteiger partial charge in [-0.2, -0.15) is 0 Å². The normalized spacial score (nSPS) is 17.3. The Balaban J connectivity index is 1.63. The average molecular weight is 261 g/mol. The minimum absolute atomic E-state index is 0.0137. The SMILES string of the molecule is CC(CNCC(=O)Nc1ccccc1)N1CCCC1. The summed E-state index contributed by atoms with van der Waals surface area (Å²) in [5.41, 5.74) is 0.849. The summed E-state index contributed by atoms with van der Waals surface area (Å²) in [4.78, 5) is 14.2. The Hall–Kier alpha value is -1.39. The molecule has 1 aliphatic rings. The Kier molecular flexibility index (Phi) is 5.36. The molecule has 1 aromatic carbocycles. The molecule has 1 saturated heterocycles. The molecular formula is C15H23N3O. The first-order valence-corrected chi connectivity index (χ1v) is 7.05. The van der Waals surface area contributed by atoms with Crippen LogP contribution in [0.4, 0.5) is 5.69 Å². The Labute approximate surface area is 115 Å². The lowest BCUT2D eigenvalue weighted by Crippen LogP contribution is -2.40. The first-order chi connectivity index (χ1) is 9.25. The molecule has 0 radical (unpaired) electrons. The van der Waals surface area contributed by atoms with Gasteiger partial charge in [0.2, 0.25) is 5.91 Å². The van der Waals surface area contributed by atoms with Crippen molar-refractivity contribution in [1.82, 2.24) is 10.2 Å². The van der Waals surface area contributed by atoms with E-state index in [0.29, 0.717) is 12.6 Å². The Morgan fingerprint density at radius 3 is 2.63 bits per heavy atom. The van der Waals surface area contributed by atoms with Crippen molar-refractivity contribution in [2.45, 2.75) is 25.8 Å². The van der Waals surface area contributed by atoms with E-state index in [1.54, 1.807) is 0 Å². The molecule has 4 nitrogen and oxygen atoms in total. The van der Waals surface area contributed by atoms with Gasteiger partial charge in [0, 0.05) is 18.3 Å². The van der Waals surface area contributed by atoms with Gasteiger partial charge in [-0.3, -0.25) is 9.69 Å². The number of para-hydroxylation sites is 1. The number of anilines is 1. The molecule has 1 aromatic rings. The third-order valence-electron chi connectivity index (χ3n) is 3.55. The largest absolute Gasteiger partial charge is 0.325 e. The molecule has 1 aliphatic heterocycles. The van der Waals surface area contributed by atoms with Crippen molar-refractivity contribution in [3.05, 3.63) is 30.3 Å². The molecule has 1 heterocycles. The fourth-order valence-corrected chi connectivity index (χ4v) is 2.43. The molecule has 0 aliphatic carbocycles. The second-order valence-corrected chi connectivity index (χ2v) is 5.14. The number of nitrogens with zero attached hydrogens (tertiary/aromatic N) is 1. The van der Waals surface area contributed by atoms with Gasteiger partial charge in [-0.15, -0.1) is 0 Å². The van der Waals surface area contributed by atoms with Crippen LogP contribution in [0.15, 0.2) is 30.3 Å². The zero-order valence-corrected chi connectivity index (χ0v) is 11.6. The van der Waals surface area contributed by atoms with Crippen LogP contribution in [-0.2, 0) is 4.79 Å². The highest BCUT2D eigenvalue weighted by atomic mass is 16.1. The number of carbonyl (C=O) groups is 1. The summed E-state index contributed by atoms with van der Waals surface area (Å²) in [6, 6.07) is 10.1. The van der Waals surface area contributed by atoms with E-state index in [2.05, 4.69) is 22.5 Å². The molecule has 2 N–H and O–H groups in total. The van der Waals surface area contributed by atoms with Gasteiger partial charge in [-0.25, -0.2) is 0 Å². The number of benzene rings is 1. The standard InChI is InChI=1S/C15H23N3O/c1-13(18-9-5-6-10-18)11-16-12-15(19)17-14-7-3-2-4-8-14/h2-4,7-8,13,16H,5-6,9-12H2,1H3,(H,17,19). The third kappa shape index (κ3) is 4.65. The van der Waals surface area contributed by atoms with E-state index in [-0.39, 0.29) is 5.91 Å². The van der Waals surface area contributed by atoms with Crippen LogP contribution in [0.3, 0.4) is 0 Å². The summed E-state index contributed by atoms with van der Waals surface area (Å²) in [6.07, 6.45) is 2.61. The van der Waals surface area contributed by atoms with E-state index in [1.165, 1.54) is 25.9 Å². The van der Waals surface area contributed by atoms with Crippen molar-refractivity contribution in [2.24, 2.45) is 0 Å². The topological polar surface area (TPSA) is 44.4 Å². The molecule has 0 aromatic heterocycles. The third-order valence-corrected chi connectivity index (χ3v) is 3.55. The van der Waals surface area contributed by atoms with Gasteiger partial charge in [-0.05, 0) is 45.0 Å². The zero-order chi connectivity index (χ0) is 13.5. The number of hydrogen-bond acceptors (Lipinski definition) is 3. The molecule has 4 heteroatoms. The first kappa shape index (κ1) is 14.0. The number of hydrogen-bond donors (Lipinski definition) is 2. The van der Waals surface area contributed by atoms with Crippen LogP contribution in [0.1, 0.15) is 19.8 Å². The van der Waals surface area contributed by atoms with Crippen molar-refractivity contribution >= 4 is 11.6 Å². The molecule has 0 saturated carbocycles. The van der Waals surface area contributed by atoms with Crippen molar-refractivity contribution in [3.63, 3.8) is 0 Å². The minimum Gasteiger partial charge on any atom is -0.325 e. The van der Waals surface area contributed by atoms with Crippen molar-refractivity contribution in [1.29, 1.82) is 0 Å². The van der Waals surface area contributed by atoms with Crippen LogP contribution >= 0.6 is 0 Å². The summed E-state index contributed by atoms with van der Waals surface area (Å²) in [5.74, 6) is 0.0137. The fourth-order valence-electron chi connectivity index (χ4n) is 2.43. The maximum Gasteiger partial charge on any atom is 0.238 e. The first-order valence-electron chi connectivity index (χ1n) is 7.05. The Morgan fingerprint density at radius 2 is 1.95 bits per heavy atom. The molecule has 2 rings (SSSR count). The average Bonchev–Trinajstić information content (AvgIpc) is 2.93. The van der Waals surface area contributed by atoms with Crippen LogP contribution in [0, 0.1) is 0 Å². The quantitative estimate of drug-likeness (QED) is 0.819. The molecule has 0 spiro atoms. The molecular weight excluding hydrogens is 238 g/mol. The Bertz CT molecular complexity index is 388. The van der Waals surface area contributed by atoms with Crippen LogP contribution in [0.2, 0.25) is 0 Å². The molecule has 19 heavy (non-hydrogen) atoms. The molecule has 1 fully saturated rings. The van der Waals surface area contributed by atoms with Gasteiger partial charge in [0.05, 0.1) is 6.54 Å². The summed E-state index contributed by atoms with van der Waals surface area (Å²) in [5, 5.41) is 6.10. The lowest BCUT2D eigenvalue weighted by Gasteiger charge is -2.23. The second-order valence-electron chi connectivity index (χ2n) is 5.14. The van der Waals surface area contributed by atoms with E-state index < -0.39 is 0 Å². The minimum atomic E-state index is 0.0137. The van der Waals surface area contributed by atoms with Crippen LogP contribution in [-0.4, -0.2) is 43.0 Å². The van der Waals surface area contributed by atoms with Gasteiger partial charge in [0.25, 0.3) is 0 Å². The lowest BCUT2D eigenvalue weighted by molar-refractivity contribution is -0.115. The van der Waals surface area contributed by atoms with Gasteiger partial charge < -0.3 is 10.6 Å². The highest BCUT2D eigenvalue weighted by Gasteiger charge is 2.17. The van der Waals surface area contributed by atoms with Crippen molar-refractivity contribution in [2.75, 3.05) is 31.5 Å². The van der Waals surface area contributed by atoms with Gasteiger partial charge in [0.15, 0.2) is 0 Å². The molecule has 1 amide bonds. The summed E-state index contributed by atoms with van der Waals surface area (Å²) in [6.45, 7) is 5.83. The van der Waals surface area contributed by atoms with E-state index in [0.717, 1.165) is 12.2 Å².